The van der Waals surface area contributed by atoms with Crippen LogP contribution in [0, 0.1) is 18.2 Å². The summed E-state index contributed by atoms with van der Waals surface area (Å²) in [5.74, 6) is -0.288. The number of aromatic amines is 1. The number of methoxy groups -OCH3 is 1. The quantitative estimate of drug-likeness (QED) is 0.156. The van der Waals surface area contributed by atoms with E-state index in [0.29, 0.717) is 52.7 Å². The summed E-state index contributed by atoms with van der Waals surface area (Å²) >= 11 is 0. The van der Waals surface area contributed by atoms with E-state index in [9.17, 15) is 18.8 Å². The van der Waals surface area contributed by atoms with Crippen LogP contribution >= 0.6 is 0 Å². The molecule has 1 spiro atoms. The van der Waals surface area contributed by atoms with Crippen LogP contribution in [0.2, 0.25) is 0 Å². The number of imide groups is 1. The number of ether oxygens (including phenoxy) is 1. The Labute approximate surface area is 318 Å². The Kier molecular flexibility index (Phi) is 9.72. The number of nitrogens with zero attached hydrogens (tertiary/aromatic N) is 5. The van der Waals surface area contributed by atoms with Gasteiger partial charge >= 0.3 is 6.03 Å². The standard InChI is InChI=1S/C42H45FN8O4/c1-26-31(22-30(43)23-33(26)44)38-32-24-34(47-39(32)46-25-45-38)28-5-3-27(4-6-28)9-15-49-17-11-42(12-18-49)13-19-50(20-14-42)40(53)29-7-8-36(55-2)35(21-29)51-16-10-37(52)48-41(51)54/h3-8,21-25H,9-20,44H2,1-2H3,(H,45,46,47)(H,48,52,54). The first-order chi connectivity index (χ1) is 26.6. The van der Waals surface area contributed by atoms with Crippen molar-refractivity contribution in [2.75, 3.05) is 57.0 Å². The Morgan fingerprint density at radius 3 is 2.42 bits per heavy atom. The number of rotatable bonds is 8. The summed E-state index contributed by atoms with van der Waals surface area (Å²) in [4.78, 5) is 56.1. The van der Waals surface area contributed by atoms with Gasteiger partial charge in [-0.1, -0.05) is 24.3 Å². The van der Waals surface area contributed by atoms with Crippen molar-refractivity contribution in [3.8, 4) is 28.3 Å². The first-order valence-corrected chi connectivity index (χ1v) is 18.9. The highest BCUT2D eigenvalue weighted by Gasteiger charge is 2.39. The molecule has 3 aliphatic rings. The van der Waals surface area contributed by atoms with Gasteiger partial charge in [-0.3, -0.25) is 19.8 Å². The van der Waals surface area contributed by atoms with Crippen molar-refractivity contribution in [3.63, 3.8) is 0 Å². The van der Waals surface area contributed by atoms with Crippen molar-refractivity contribution in [1.29, 1.82) is 0 Å². The van der Waals surface area contributed by atoms with Gasteiger partial charge < -0.3 is 25.3 Å². The fourth-order valence-corrected chi connectivity index (χ4v) is 8.34. The largest absolute Gasteiger partial charge is 0.495 e. The molecule has 284 valence electrons. The number of amides is 4. The summed E-state index contributed by atoms with van der Waals surface area (Å²) in [6.07, 6.45) is 6.83. The van der Waals surface area contributed by atoms with E-state index in [-0.39, 0.29) is 30.2 Å². The molecule has 3 fully saturated rings. The van der Waals surface area contributed by atoms with Gasteiger partial charge in [0.2, 0.25) is 5.91 Å². The number of carbonyl (C=O) groups excluding carboxylic acids is 3. The molecule has 3 aromatic carbocycles. The second-order valence-corrected chi connectivity index (χ2v) is 15.1. The van der Waals surface area contributed by atoms with Gasteiger partial charge in [-0.15, -0.1) is 0 Å². The smallest absolute Gasteiger partial charge is 0.328 e. The number of urea groups is 1. The van der Waals surface area contributed by atoms with Crippen LogP contribution in [-0.4, -0.2) is 89.0 Å². The number of piperidine rings is 2. The monoisotopic (exact) mass is 744 g/mol. The maximum absolute atomic E-state index is 14.3. The topological polar surface area (TPSA) is 150 Å². The van der Waals surface area contributed by atoms with E-state index in [2.05, 4.69) is 49.4 Å². The Morgan fingerprint density at radius 1 is 0.945 bits per heavy atom. The number of fused-ring (bicyclic) bond motifs is 1. The van der Waals surface area contributed by atoms with E-state index in [0.717, 1.165) is 73.9 Å². The van der Waals surface area contributed by atoms with Gasteiger partial charge in [-0.25, -0.2) is 19.2 Å². The van der Waals surface area contributed by atoms with Crippen molar-refractivity contribution in [1.82, 2.24) is 30.1 Å². The number of likely N-dealkylation sites (tertiary alicyclic amines) is 2. The SMILES string of the molecule is COc1ccc(C(=O)N2CCC3(CCN(CCc4ccc(-c5cc6c(-c7cc(F)cc(N)c7C)ncnc6[nH]5)cc4)CC3)CC2)cc1N1CCC(=O)NC1=O. The molecular weight excluding hydrogens is 700 g/mol. The molecule has 12 nitrogen and oxygen atoms in total. The summed E-state index contributed by atoms with van der Waals surface area (Å²) in [6, 6.07) is 18.1. The van der Waals surface area contributed by atoms with E-state index in [4.69, 9.17) is 10.5 Å². The highest BCUT2D eigenvalue weighted by atomic mass is 19.1. The van der Waals surface area contributed by atoms with Crippen LogP contribution in [0.5, 0.6) is 5.75 Å². The number of carbonyl (C=O) groups is 3. The maximum atomic E-state index is 14.3. The molecule has 0 saturated carbocycles. The lowest BCUT2D eigenvalue weighted by molar-refractivity contribution is -0.120. The first kappa shape index (κ1) is 36.2. The molecular formula is C42H45FN8O4. The Hall–Kier alpha value is -5.82. The van der Waals surface area contributed by atoms with Gasteiger partial charge in [-0.05, 0) is 111 Å². The summed E-state index contributed by atoms with van der Waals surface area (Å²) in [5, 5.41) is 3.15. The third-order valence-corrected chi connectivity index (χ3v) is 11.9. The van der Waals surface area contributed by atoms with E-state index in [1.54, 1.807) is 18.2 Å². The van der Waals surface area contributed by atoms with Crippen LogP contribution < -0.4 is 20.7 Å². The minimum atomic E-state index is -0.512. The lowest BCUT2D eigenvalue weighted by Crippen LogP contribution is -2.50. The molecule has 3 aliphatic heterocycles. The molecule has 0 radical (unpaired) electrons. The van der Waals surface area contributed by atoms with Gasteiger partial charge in [0.25, 0.3) is 5.91 Å². The number of nitrogens with one attached hydrogen (secondary N) is 2. The number of hydrogen-bond acceptors (Lipinski definition) is 8. The zero-order chi connectivity index (χ0) is 38.3. The Morgan fingerprint density at radius 2 is 1.69 bits per heavy atom. The number of aromatic nitrogens is 3. The predicted molar refractivity (Wildman–Crippen MR) is 209 cm³/mol. The van der Waals surface area contributed by atoms with Crippen LogP contribution in [0.15, 0.2) is 67.0 Å². The van der Waals surface area contributed by atoms with Gasteiger partial charge in [0.15, 0.2) is 0 Å². The van der Waals surface area contributed by atoms with E-state index < -0.39 is 11.8 Å². The van der Waals surface area contributed by atoms with E-state index >= 15 is 0 Å². The molecule has 13 heteroatoms. The molecule has 4 amide bonds. The highest BCUT2D eigenvalue weighted by Crippen LogP contribution is 2.42. The molecule has 0 bridgehead atoms. The molecule has 4 N–H and O–H groups in total. The van der Waals surface area contributed by atoms with Crippen molar-refractivity contribution in [3.05, 3.63) is 89.5 Å². The molecule has 5 heterocycles. The average Bonchev–Trinajstić information content (AvgIpc) is 3.64. The van der Waals surface area contributed by atoms with Gasteiger partial charge in [0.1, 0.15) is 23.5 Å². The molecule has 8 rings (SSSR count). The third-order valence-electron chi connectivity index (χ3n) is 11.9. The van der Waals surface area contributed by atoms with Gasteiger partial charge in [0.05, 0.1) is 18.5 Å². The first-order valence-electron chi connectivity index (χ1n) is 18.9. The molecule has 0 atom stereocenters. The van der Waals surface area contributed by atoms with Crippen LogP contribution in [0.25, 0.3) is 33.5 Å². The zero-order valence-electron chi connectivity index (χ0n) is 31.2. The fourth-order valence-electron chi connectivity index (χ4n) is 8.34. The Bertz CT molecular complexity index is 2270. The second kappa shape index (κ2) is 14.8. The third kappa shape index (κ3) is 7.23. The second-order valence-electron chi connectivity index (χ2n) is 15.1. The van der Waals surface area contributed by atoms with Crippen molar-refractivity contribution >= 4 is 40.3 Å². The van der Waals surface area contributed by atoms with E-state index in [1.165, 1.54) is 36.0 Å². The number of benzene rings is 3. The summed E-state index contributed by atoms with van der Waals surface area (Å²) < 4.78 is 19.8. The van der Waals surface area contributed by atoms with Crippen molar-refractivity contribution < 1.29 is 23.5 Å². The fraction of sp³-hybridized carbons (Fsp3) is 0.357. The van der Waals surface area contributed by atoms with E-state index in [1.807, 2.05) is 17.9 Å². The van der Waals surface area contributed by atoms with Crippen molar-refractivity contribution in [2.45, 2.75) is 45.4 Å². The van der Waals surface area contributed by atoms with Crippen LogP contribution in [-0.2, 0) is 11.2 Å². The number of nitrogen functional groups attached to an aromatic ring is 1. The number of anilines is 2. The molecule has 5 aromatic rings. The average molecular weight is 745 g/mol. The lowest BCUT2D eigenvalue weighted by atomic mass is 9.71. The minimum absolute atomic E-state index is 0.0526. The lowest BCUT2D eigenvalue weighted by Gasteiger charge is -2.47. The Balaban J connectivity index is 0.842. The number of halogens is 1. The molecule has 55 heavy (non-hydrogen) atoms. The van der Waals surface area contributed by atoms with Gasteiger partial charge in [-0.2, -0.15) is 0 Å². The zero-order valence-corrected chi connectivity index (χ0v) is 31.2. The van der Waals surface area contributed by atoms with Crippen LogP contribution in [0.1, 0.15) is 53.6 Å². The molecule has 2 aromatic heterocycles. The van der Waals surface area contributed by atoms with Gasteiger partial charge in [0, 0.05) is 60.5 Å². The minimum Gasteiger partial charge on any atom is -0.495 e. The number of nitrogens with two attached hydrogens (primary N) is 1. The molecule has 0 aliphatic carbocycles. The summed E-state index contributed by atoms with van der Waals surface area (Å²) in [6.45, 7) is 6.59. The number of hydrogen-bond donors (Lipinski definition) is 3. The van der Waals surface area contributed by atoms with Crippen LogP contribution in [0.3, 0.4) is 0 Å². The molecule has 3 saturated heterocycles. The summed E-state index contributed by atoms with van der Waals surface area (Å²) in [5.41, 5.74) is 13.7. The van der Waals surface area contributed by atoms with Crippen molar-refractivity contribution in [2.24, 2.45) is 5.41 Å². The summed E-state index contributed by atoms with van der Waals surface area (Å²) in [7, 11) is 1.52. The predicted octanol–water partition coefficient (Wildman–Crippen LogP) is 6.34. The highest BCUT2D eigenvalue weighted by molar-refractivity contribution is 6.07. The number of H-pyrrole nitrogens is 1. The molecule has 0 unspecified atom stereocenters. The maximum Gasteiger partial charge on any atom is 0.328 e. The van der Waals surface area contributed by atoms with Crippen LogP contribution in [0.4, 0.5) is 20.6 Å². The normalized spacial score (nSPS) is 17.5.